The van der Waals surface area contributed by atoms with Crippen LogP contribution in [0.3, 0.4) is 0 Å². The minimum Gasteiger partial charge on any atom is -0.392 e. The normalized spacial score (nSPS) is 14.3. The highest BCUT2D eigenvalue weighted by Gasteiger charge is 2.27. The monoisotopic (exact) mass is 240 g/mol. The number of thiocarbonyl (C=S) groups is 1. The summed E-state index contributed by atoms with van der Waals surface area (Å²) in [6, 6.07) is 0. The maximum Gasteiger partial charge on any atom is 0.223 e. The standard InChI is InChI=1S/C7H16N2O3S2/c1-6(7(8)13)14(10,11)9(2)4-5-12-3/h6H,4-5H2,1-3H3,(H2,8,13). The maximum atomic E-state index is 11.7. The Kier molecular flexibility index (Phi) is 5.50. The molecule has 2 N–H and O–H groups in total. The molecule has 0 aliphatic carbocycles. The third-order valence-corrected chi connectivity index (χ3v) is 4.59. The Morgan fingerprint density at radius 3 is 2.50 bits per heavy atom. The third kappa shape index (κ3) is 3.49. The average molecular weight is 240 g/mol. The highest BCUT2D eigenvalue weighted by Crippen LogP contribution is 2.06. The summed E-state index contributed by atoms with van der Waals surface area (Å²) < 4.78 is 29.3. The molecular formula is C7H16N2O3S2. The van der Waals surface area contributed by atoms with E-state index in [4.69, 9.17) is 10.5 Å². The predicted molar refractivity (Wildman–Crippen MR) is 59.7 cm³/mol. The maximum absolute atomic E-state index is 11.7. The van der Waals surface area contributed by atoms with Crippen molar-refractivity contribution in [3.05, 3.63) is 0 Å². The SMILES string of the molecule is COCCN(C)S(=O)(=O)C(C)C(N)=S. The van der Waals surface area contributed by atoms with E-state index < -0.39 is 15.3 Å². The van der Waals surface area contributed by atoms with Crippen molar-refractivity contribution in [1.82, 2.24) is 4.31 Å². The zero-order chi connectivity index (χ0) is 11.4. The molecule has 0 amide bonds. The van der Waals surface area contributed by atoms with E-state index in [0.29, 0.717) is 13.2 Å². The smallest absolute Gasteiger partial charge is 0.223 e. The van der Waals surface area contributed by atoms with Crippen LogP contribution >= 0.6 is 12.2 Å². The minimum absolute atomic E-state index is 0.0192. The fraction of sp³-hybridized carbons (Fsp3) is 0.857. The fourth-order valence-electron chi connectivity index (χ4n) is 0.764. The molecule has 1 unspecified atom stereocenters. The molecule has 0 radical (unpaired) electrons. The number of likely N-dealkylation sites (N-methyl/N-ethyl adjacent to an activating group) is 1. The first kappa shape index (κ1) is 13.8. The molecule has 0 bridgehead atoms. The van der Waals surface area contributed by atoms with Crippen LogP contribution in [0.1, 0.15) is 6.92 Å². The quantitative estimate of drug-likeness (QED) is 0.638. The zero-order valence-corrected chi connectivity index (χ0v) is 10.2. The van der Waals surface area contributed by atoms with Gasteiger partial charge in [0.05, 0.1) is 11.6 Å². The summed E-state index contributed by atoms with van der Waals surface area (Å²) in [5, 5.41) is -0.834. The Bertz CT molecular complexity index is 289. The van der Waals surface area contributed by atoms with Crippen LogP contribution in [0.2, 0.25) is 0 Å². The molecule has 0 spiro atoms. The van der Waals surface area contributed by atoms with Gasteiger partial charge in [0, 0.05) is 20.7 Å². The van der Waals surface area contributed by atoms with Crippen molar-refractivity contribution in [2.24, 2.45) is 5.73 Å². The molecule has 0 rings (SSSR count). The summed E-state index contributed by atoms with van der Waals surface area (Å²) in [5.74, 6) is 0. The van der Waals surface area contributed by atoms with Crippen LogP contribution < -0.4 is 5.73 Å². The second-order valence-electron chi connectivity index (χ2n) is 2.90. The molecule has 0 aromatic rings. The Morgan fingerprint density at radius 2 is 2.14 bits per heavy atom. The largest absolute Gasteiger partial charge is 0.392 e. The van der Waals surface area contributed by atoms with Crippen molar-refractivity contribution >= 4 is 27.2 Å². The predicted octanol–water partition coefficient (Wildman–Crippen LogP) is -0.431. The van der Waals surface area contributed by atoms with Gasteiger partial charge in [0.15, 0.2) is 0 Å². The van der Waals surface area contributed by atoms with E-state index in [2.05, 4.69) is 12.2 Å². The van der Waals surface area contributed by atoms with Crippen molar-refractivity contribution in [3.8, 4) is 0 Å². The van der Waals surface area contributed by atoms with Crippen LogP contribution in [0, 0.1) is 0 Å². The molecule has 14 heavy (non-hydrogen) atoms. The molecule has 5 nitrogen and oxygen atoms in total. The third-order valence-electron chi connectivity index (χ3n) is 1.89. The van der Waals surface area contributed by atoms with Crippen LogP contribution in [0.5, 0.6) is 0 Å². The Morgan fingerprint density at radius 1 is 1.64 bits per heavy atom. The molecule has 0 aliphatic heterocycles. The molecule has 0 aromatic carbocycles. The topological polar surface area (TPSA) is 72.6 Å². The number of hydrogen-bond donors (Lipinski definition) is 1. The van der Waals surface area contributed by atoms with Crippen LogP contribution in [0.4, 0.5) is 0 Å². The van der Waals surface area contributed by atoms with Gasteiger partial charge in [-0.2, -0.15) is 0 Å². The summed E-state index contributed by atoms with van der Waals surface area (Å²) in [4.78, 5) is -0.0192. The Balaban J connectivity index is 4.53. The summed E-state index contributed by atoms with van der Waals surface area (Å²) in [6.45, 7) is 2.12. The lowest BCUT2D eigenvalue weighted by Gasteiger charge is -2.20. The Labute approximate surface area is 90.3 Å². The summed E-state index contributed by atoms with van der Waals surface area (Å²) in [5.41, 5.74) is 5.28. The lowest BCUT2D eigenvalue weighted by Crippen LogP contribution is -2.42. The molecule has 7 heteroatoms. The van der Waals surface area contributed by atoms with Crippen LogP contribution in [0.25, 0.3) is 0 Å². The van der Waals surface area contributed by atoms with Crippen molar-refractivity contribution in [3.63, 3.8) is 0 Å². The van der Waals surface area contributed by atoms with E-state index in [9.17, 15) is 8.42 Å². The molecule has 0 fully saturated rings. The van der Waals surface area contributed by atoms with E-state index >= 15 is 0 Å². The second kappa shape index (κ2) is 5.59. The molecule has 0 heterocycles. The van der Waals surface area contributed by atoms with Crippen molar-refractivity contribution in [2.45, 2.75) is 12.2 Å². The molecule has 0 aliphatic rings. The first-order valence-electron chi connectivity index (χ1n) is 4.07. The van der Waals surface area contributed by atoms with E-state index in [1.165, 1.54) is 25.4 Å². The van der Waals surface area contributed by atoms with Gasteiger partial charge in [-0.05, 0) is 6.92 Å². The molecule has 0 aromatic heterocycles. The number of nitrogens with two attached hydrogens (primary N) is 1. The molecule has 84 valence electrons. The number of nitrogens with zero attached hydrogens (tertiary/aromatic N) is 1. The van der Waals surface area contributed by atoms with Gasteiger partial charge in [0.25, 0.3) is 0 Å². The minimum atomic E-state index is -3.42. The fourth-order valence-corrected chi connectivity index (χ4v) is 2.29. The van der Waals surface area contributed by atoms with E-state index in [-0.39, 0.29) is 4.99 Å². The summed E-state index contributed by atoms with van der Waals surface area (Å²) in [7, 11) is -0.437. The number of methoxy groups -OCH3 is 1. The number of ether oxygens (including phenoxy) is 1. The van der Waals surface area contributed by atoms with Crippen LogP contribution in [-0.4, -0.2) is 50.3 Å². The van der Waals surface area contributed by atoms with Gasteiger partial charge in [-0.15, -0.1) is 0 Å². The lowest BCUT2D eigenvalue weighted by atomic mass is 10.5. The van der Waals surface area contributed by atoms with Crippen LogP contribution in [-0.2, 0) is 14.8 Å². The van der Waals surface area contributed by atoms with E-state index in [1.54, 1.807) is 0 Å². The second-order valence-corrected chi connectivity index (χ2v) is 5.74. The number of rotatable bonds is 6. The Hall–Kier alpha value is -0.240. The van der Waals surface area contributed by atoms with Crippen molar-refractivity contribution < 1.29 is 13.2 Å². The van der Waals surface area contributed by atoms with Crippen molar-refractivity contribution in [2.75, 3.05) is 27.3 Å². The van der Waals surface area contributed by atoms with E-state index in [0.717, 1.165) is 0 Å². The molecule has 1 atom stereocenters. The number of sulfonamides is 1. The van der Waals surface area contributed by atoms with Gasteiger partial charge >= 0.3 is 0 Å². The number of hydrogen-bond acceptors (Lipinski definition) is 4. The average Bonchev–Trinajstić information content (AvgIpc) is 2.12. The highest BCUT2D eigenvalue weighted by atomic mass is 32.2. The van der Waals surface area contributed by atoms with E-state index in [1.807, 2.05) is 0 Å². The zero-order valence-electron chi connectivity index (χ0n) is 8.56. The molecular weight excluding hydrogens is 224 g/mol. The van der Waals surface area contributed by atoms with Gasteiger partial charge in [-0.1, -0.05) is 12.2 Å². The van der Waals surface area contributed by atoms with Crippen molar-refractivity contribution in [1.29, 1.82) is 0 Å². The summed E-state index contributed by atoms with van der Waals surface area (Å²) in [6.07, 6.45) is 0. The van der Waals surface area contributed by atoms with Gasteiger partial charge in [-0.25, -0.2) is 12.7 Å². The molecule has 0 saturated heterocycles. The first-order chi connectivity index (χ1) is 6.34. The summed E-state index contributed by atoms with van der Waals surface area (Å²) >= 11 is 4.64. The van der Waals surface area contributed by atoms with Gasteiger partial charge in [0.2, 0.25) is 10.0 Å². The highest BCUT2D eigenvalue weighted by molar-refractivity contribution is 7.92. The van der Waals surface area contributed by atoms with Gasteiger partial charge in [-0.3, -0.25) is 0 Å². The first-order valence-corrected chi connectivity index (χ1v) is 5.98. The van der Waals surface area contributed by atoms with Crippen LogP contribution in [0.15, 0.2) is 0 Å². The molecule has 0 saturated carbocycles. The van der Waals surface area contributed by atoms with Gasteiger partial charge < -0.3 is 10.5 Å². The lowest BCUT2D eigenvalue weighted by molar-refractivity contribution is 0.185. The van der Waals surface area contributed by atoms with Gasteiger partial charge in [0.1, 0.15) is 5.25 Å².